The molecular formula is C28H32FN7O2. The van der Waals surface area contributed by atoms with E-state index in [1.165, 1.54) is 17.3 Å². The molecule has 198 valence electrons. The standard InChI is InChI=1S/C28H32FN7O2/c1-5-35(4)28(37)24-26(33-19-7-6-8-20(16-19)36-13-11-34(3)12-14-36)30-17-31-27(24)38-23-10-9-22-21(25(23)29)15-18(2)32-22/h6-10,15-17,32H,5,11-14H2,1-4H3,(H,30,31,33). The van der Waals surface area contributed by atoms with Gasteiger partial charge < -0.3 is 29.7 Å². The second kappa shape index (κ2) is 10.7. The maximum atomic E-state index is 15.3. The summed E-state index contributed by atoms with van der Waals surface area (Å²) < 4.78 is 21.3. The highest BCUT2D eigenvalue weighted by molar-refractivity contribution is 6.01. The predicted octanol–water partition coefficient (Wildman–Crippen LogP) is 4.79. The fraction of sp³-hybridized carbons (Fsp3) is 0.321. The quantitative estimate of drug-likeness (QED) is 0.365. The smallest absolute Gasteiger partial charge is 0.262 e. The van der Waals surface area contributed by atoms with E-state index in [-0.39, 0.29) is 28.9 Å². The summed E-state index contributed by atoms with van der Waals surface area (Å²) in [5.74, 6) is -0.614. The van der Waals surface area contributed by atoms with Crippen molar-refractivity contribution in [2.24, 2.45) is 0 Å². The van der Waals surface area contributed by atoms with Gasteiger partial charge in [0.25, 0.3) is 5.91 Å². The van der Waals surface area contributed by atoms with Gasteiger partial charge >= 0.3 is 0 Å². The number of aromatic amines is 1. The molecule has 5 rings (SSSR count). The lowest BCUT2D eigenvalue weighted by Crippen LogP contribution is -2.44. The van der Waals surface area contributed by atoms with Crippen LogP contribution in [0, 0.1) is 12.7 Å². The van der Waals surface area contributed by atoms with Crippen molar-refractivity contribution in [3.63, 3.8) is 0 Å². The Balaban J connectivity index is 1.50. The average Bonchev–Trinajstić information content (AvgIpc) is 3.31. The molecule has 0 unspecified atom stereocenters. The minimum absolute atomic E-state index is 0.0199. The minimum Gasteiger partial charge on any atom is -0.435 e. The molecule has 0 saturated carbocycles. The number of H-pyrrole nitrogens is 1. The first-order valence-electron chi connectivity index (χ1n) is 12.7. The van der Waals surface area contributed by atoms with Gasteiger partial charge in [0.2, 0.25) is 5.88 Å². The van der Waals surface area contributed by atoms with Gasteiger partial charge in [0.05, 0.1) is 0 Å². The highest BCUT2D eigenvalue weighted by atomic mass is 19.1. The number of hydrogen-bond donors (Lipinski definition) is 2. The number of rotatable bonds is 7. The first kappa shape index (κ1) is 25.5. The Labute approximate surface area is 221 Å². The van der Waals surface area contributed by atoms with Gasteiger partial charge in [-0.15, -0.1) is 0 Å². The fourth-order valence-corrected chi connectivity index (χ4v) is 4.52. The molecule has 1 saturated heterocycles. The van der Waals surface area contributed by atoms with E-state index < -0.39 is 5.82 Å². The molecular weight excluding hydrogens is 485 g/mol. The van der Waals surface area contributed by atoms with Crippen molar-refractivity contribution >= 4 is 34.0 Å². The number of piperazine rings is 1. The zero-order chi connectivity index (χ0) is 26.8. The Kier molecular flexibility index (Phi) is 7.15. The van der Waals surface area contributed by atoms with Gasteiger partial charge in [-0.05, 0) is 57.3 Å². The Morgan fingerprint density at radius 2 is 1.95 bits per heavy atom. The van der Waals surface area contributed by atoms with Crippen LogP contribution in [0.5, 0.6) is 11.6 Å². The van der Waals surface area contributed by atoms with Crippen LogP contribution >= 0.6 is 0 Å². The number of aryl methyl sites for hydroxylation is 1. The molecule has 3 heterocycles. The number of carbonyl (C=O) groups is 1. The number of carbonyl (C=O) groups excluding carboxylic acids is 1. The summed E-state index contributed by atoms with van der Waals surface area (Å²) in [6.45, 7) is 8.07. The molecule has 1 aliphatic heterocycles. The van der Waals surface area contributed by atoms with Gasteiger partial charge in [-0.25, -0.2) is 14.4 Å². The number of likely N-dealkylation sites (N-methyl/N-ethyl adjacent to an activating group) is 1. The van der Waals surface area contributed by atoms with Crippen molar-refractivity contribution in [2.45, 2.75) is 13.8 Å². The number of benzene rings is 2. The number of anilines is 3. The Hall–Kier alpha value is -4.18. The zero-order valence-electron chi connectivity index (χ0n) is 22.1. The molecule has 0 radical (unpaired) electrons. The van der Waals surface area contributed by atoms with Gasteiger partial charge in [-0.2, -0.15) is 0 Å². The maximum absolute atomic E-state index is 15.3. The lowest BCUT2D eigenvalue weighted by molar-refractivity contribution is 0.0799. The maximum Gasteiger partial charge on any atom is 0.262 e. The Morgan fingerprint density at radius 3 is 2.71 bits per heavy atom. The monoisotopic (exact) mass is 517 g/mol. The molecule has 0 bridgehead atoms. The van der Waals surface area contributed by atoms with Crippen LogP contribution < -0.4 is 15.0 Å². The van der Waals surface area contributed by atoms with E-state index in [0.717, 1.165) is 43.2 Å². The first-order valence-corrected chi connectivity index (χ1v) is 12.7. The van der Waals surface area contributed by atoms with Crippen molar-refractivity contribution in [2.75, 3.05) is 57.0 Å². The molecule has 2 N–H and O–H groups in total. The van der Waals surface area contributed by atoms with Crippen LogP contribution in [0.3, 0.4) is 0 Å². The molecule has 0 aliphatic carbocycles. The summed E-state index contributed by atoms with van der Waals surface area (Å²) in [7, 11) is 3.81. The van der Waals surface area contributed by atoms with E-state index in [1.807, 2.05) is 32.0 Å². The van der Waals surface area contributed by atoms with Crippen molar-refractivity contribution < 1.29 is 13.9 Å². The molecule has 0 atom stereocenters. The van der Waals surface area contributed by atoms with Gasteiger partial charge in [0, 0.05) is 67.7 Å². The number of nitrogens with one attached hydrogen (secondary N) is 2. The highest BCUT2D eigenvalue weighted by Crippen LogP contribution is 2.34. The van der Waals surface area contributed by atoms with Crippen LogP contribution in [0.15, 0.2) is 48.8 Å². The van der Waals surface area contributed by atoms with E-state index >= 15 is 4.39 Å². The molecule has 38 heavy (non-hydrogen) atoms. The van der Waals surface area contributed by atoms with E-state index in [1.54, 1.807) is 19.2 Å². The third-order valence-corrected chi connectivity index (χ3v) is 6.87. The molecule has 2 aromatic heterocycles. The minimum atomic E-state index is -0.526. The summed E-state index contributed by atoms with van der Waals surface area (Å²) in [4.78, 5) is 31.3. The third kappa shape index (κ3) is 5.12. The molecule has 0 spiro atoms. The molecule has 10 heteroatoms. The molecule has 9 nitrogen and oxygen atoms in total. The SMILES string of the molecule is CCN(C)C(=O)c1c(Nc2cccc(N3CCN(C)CC3)c2)ncnc1Oc1ccc2[nH]c(C)cc2c1F. The number of halogens is 1. The number of aromatic nitrogens is 3. The van der Waals surface area contributed by atoms with Crippen molar-refractivity contribution in [1.29, 1.82) is 0 Å². The molecule has 2 aromatic carbocycles. The van der Waals surface area contributed by atoms with Gasteiger partial charge in [0.1, 0.15) is 11.9 Å². The summed E-state index contributed by atoms with van der Waals surface area (Å²) in [5, 5.41) is 3.69. The predicted molar refractivity (Wildman–Crippen MR) is 147 cm³/mol. The normalized spacial score (nSPS) is 14.1. The summed E-state index contributed by atoms with van der Waals surface area (Å²) >= 11 is 0. The third-order valence-electron chi connectivity index (χ3n) is 6.87. The first-order chi connectivity index (χ1) is 18.3. The van der Waals surface area contributed by atoms with E-state index in [4.69, 9.17) is 4.74 Å². The zero-order valence-corrected chi connectivity index (χ0v) is 22.1. The summed E-state index contributed by atoms with van der Waals surface area (Å²) in [5.41, 5.74) is 3.49. The number of ether oxygens (including phenoxy) is 1. The van der Waals surface area contributed by atoms with Crippen LogP contribution in [0.25, 0.3) is 10.9 Å². The van der Waals surface area contributed by atoms with Crippen LogP contribution in [-0.2, 0) is 0 Å². The topological polar surface area (TPSA) is 89.6 Å². The highest BCUT2D eigenvalue weighted by Gasteiger charge is 2.25. The Bertz CT molecular complexity index is 1460. The van der Waals surface area contributed by atoms with Crippen LogP contribution in [0.1, 0.15) is 23.0 Å². The second-order valence-corrected chi connectivity index (χ2v) is 9.58. The van der Waals surface area contributed by atoms with Crippen molar-refractivity contribution in [3.8, 4) is 11.6 Å². The fourth-order valence-electron chi connectivity index (χ4n) is 4.52. The largest absolute Gasteiger partial charge is 0.435 e. The lowest BCUT2D eigenvalue weighted by atomic mass is 10.2. The molecule has 4 aromatic rings. The number of fused-ring (bicyclic) bond motifs is 1. The second-order valence-electron chi connectivity index (χ2n) is 9.58. The van der Waals surface area contributed by atoms with Crippen LogP contribution in [0.2, 0.25) is 0 Å². The Morgan fingerprint density at radius 1 is 1.16 bits per heavy atom. The molecule has 1 aliphatic rings. The van der Waals surface area contributed by atoms with Gasteiger partial charge in [-0.1, -0.05) is 6.07 Å². The number of hydrogen-bond acceptors (Lipinski definition) is 7. The summed E-state index contributed by atoms with van der Waals surface area (Å²) in [6, 6.07) is 13.0. The average molecular weight is 518 g/mol. The number of amides is 1. The van der Waals surface area contributed by atoms with Crippen LogP contribution in [0.4, 0.5) is 21.6 Å². The number of nitrogens with zero attached hydrogens (tertiary/aromatic N) is 5. The van der Waals surface area contributed by atoms with Crippen molar-refractivity contribution in [3.05, 3.63) is 65.9 Å². The van der Waals surface area contributed by atoms with Crippen molar-refractivity contribution in [1.82, 2.24) is 24.8 Å². The van der Waals surface area contributed by atoms with Gasteiger partial charge in [0.15, 0.2) is 17.4 Å². The lowest BCUT2D eigenvalue weighted by Gasteiger charge is -2.34. The molecule has 1 fully saturated rings. The summed E-state index contributed by atoms with van der Waals surface area (Å²) in [6.07, 6.45) is 1.31. The van der Waals surface area contributed by atoms with E-state index in [2.05, 4.69) is 43.2 Å². The van der Waals surface area contributed by atoms with Gasteiger partial charge in [-0.3, -0.25) is 4.79 Å². The van der Waals surface area contributed by atoms with Crippen LogP contribution in [-0.4, -0.2) is 77.5 Å². The van der Waals surface area contributed by atoms with E-state index in [0.29, 0.717) is 17.4 Å². The molecule has 1 amide bonds. The van der Waals surface area contributed by atoms with E-state index in [9.17, 15) is 4.79 Å².